The molecule has 1 fully saturated rings. The average molecular weight is 439 g/mol. The molecule has 1 aromatic carbocycles. The molecule has 1 saturated heterocycles. The Kier molecular flexibility index (Phi) is 7.98. The summed E-state index contributed by atoms with van der Waals surface area (Å²) in [6.45, 7) is 6.80. The van der Waals surface area contributed by atoms with Crippen LogP contribution in [0, 0.1) is 18.3 Å². The van der Waals surface area contributed by atoms with Crippen LogP contribution in [0.3, 0.4) is 0 Å². The van der Waals surface area contributed by atoms with Crippen molar-refractivity contribution < 1.29 is 14.6 Å². The topological polar surface area (TPSA) is 137 Å². The number of rotatable bonds is 8. The van der Waals surface area contributed by atoms with Gasteiger partial charge in [0.2, 0.25) is 0 Å². The number of phenols is 1. The number of aromatic hydroxyl groups is 1. The predicted molar refractivity (Wildman–Crippen MR) is 121 cm³/mol. The second-order valence-electron chi connectivity index (χ2n) is 7.89. The number of benzene rings is 1. The number of nitrogens with one attached hydrogen (secondary N) is 1. The molecule has 170 valence electrons. The molecule has 0 aliphatic carbocycles. The third kappa shape index (κ3) is 5.52. The van der Waals surface area contributed by atoms with Crippen LogP contribution in [-0.4, -0.2) is 58.5 Å². The van der Waals surface area contributed by atoms with Gasteiger partial charge in [0.25, 0.3) is 0 Å². The number of anilines is 1. The van der Waals surface area contributed by atoms with E-state index in [4.69, 9.17) is 15.7 Å². The summed E-state index contributed by atoms with van der Waals surface area (Å²) in [6, 6.07) is 6.89. The maximum Gasteiger partial charge on any atom is 0.307 e. The van der Waals surface area contributed by atoms with Crippen LogP contribution in [0.4, 0.5) is 5.82 Å². The number of hydrogen-bond donors (Lipinski definition) is 3. The van der Waals surface area contributed by atoms with E-state index in [2.05, 4.69) is 20.4 Å². The van der Waals surface area contributed by atoms with Gasteiger partial charge < -0.3 is 25.8 Å². The molecule has 1 aromatic heterocycles. The largest absolute Gasteiger partial charge is 0.507 e. The third-order valence-electron chi connectivity index (χ3n) is 5.71. The predicted octanol–water partition coefficient (Wildman–Crippen LogP) is 2.32. The summed E-state index contributed by atoms with van der Waals surface area (Å²) in [4.78, 5) is 13.9. The molecule has 2 aromatic rings. The highest BCUT2D eigenvalue weighted by atomic mass is 16.5. The molecule has 0 saturated carbocycles. The first kappa shape index (κ1) is 23.4. The molecule has 4 N–H and O–H groups in total. The maximum atomic E-state index is 11.7. The quantitative estimate of drug-likeness (QED) is 0.530. The van der Waals surface area contributed by atoms with Crippen molar-refractivity contribution >= 4 is 11.8 Å². The van der Waals surface area contributed by atoms with Crippen LogP contribution >= 0.6 is 0 Å². The summed E-state index contributed by atoms with van der Waals surface area (Å²) in [5.74, 6) is 0.449. The fourth-order valence-electron chi connectivity index (χ4n) is 4.03. The highest BCUT2D eigenvalue weighted by molar-refractivity contribution is 5.73. The Hall–Kier alpha value is -3.22. The van der Waals surface area contributed by atoms with Gasteiger partial charge >= 0.3 is 5.97 Å². The second kappa shape index (κ2) is 10.9. The molecule has 9 heteroatoms. The Morgan fingerprint density at radius 2 is 2.25 bits per heavy atom. The van der Waals surface area contributed by atoms with Crippen LogP contribution in [0.25, 0.3) is 11.3 Å². The van der Waals surface area contributed by atoms with Crippen molar-refractivity contribution in [3.05, 3.63) is 34.9 Å². The number of hydrogen-bond acceptors (Lipinski definition) is 9. The van der Waals surface area contributed by atoms with Gasteiger partial charge in [-0.3, -0.25) is 4.79 Å². The van der Waals surface area contributed by atoms with E-state index in [9.17, 15) is 9.90 Å². The lowest BCUT2D eigenvalue weighted by molar-refractivity contribution is -0.143. The number of likely N-dealkylation sites (tertiary alicyclic amines) is 1. The zero-order valence-corrected chi connectivity index (χ0v) is 18.6. The van der Waals surface area contributed by atoms with Gasteiger partial charge in [0.1, 0.15) is 11.4 Å². The van der Waals surface area contributed by atoms with E-state index in [1.807, 2.05) is 19.9 Å². The van der Waals surface area contributed by atoms with Gasteiger partial charge in [-0.15, -0.1) is 10.2 Å². The monoisotopic (exact) mass is 438 g/mol. The van der Waals surface area contributed by atoms with Crippen molar-refractivity contribution in [1.82, 2.24) is 15.1 Å². The summed E-state index contributed by atoms with van der Waals surface area (Å²) >= 11 is 0. The molecule has 0 spiro atoms. The van der Waals surface area contributed by atoms with E-state index in [0.717, 1.165) is 37.1 Å². The van der Waals surface area contributed by atoms with E-state index < -0.39 is 0 Å². The molecule has 0 amide bonds. The molecule has 1 aliphatic rings. The molecular formula is C23H30N6O3. The number of phenolic OH excluding ortho intramolecular Hbond substituents is 1. The number of ether oxygens (including phenoxy) is 1. The average Bonchev–Trinajstić information content (AvgIpc) is 2.79. The van der Waals surface area contributed by atoms with Gasteiger partial charge in [-0.2, -0.15) is 5.26 Å². The van der Waals surface area contributed by atoms with Crippen molar-refractivity contribution in [1.29, 1.82) is 5.26 Å². The zero-order chi connectivity index (χ0) is 23.1. The molecular weight excluding hydrogens is 408 g/mol. The van der Waals surface area contributed by atoms with Crippen LogP contribution in [0.2, 0.25) is 0 Å². The molecule has 0 unspecified atom stereocenters. The number of aromatic nitrogens is 2. The van der Waals surface area contributed by atoms with Gasteiger partial charge in [-0.1, -0.05) is 0 Å². The van der Waals surface area contributed by atoms with Gasteiger partial charge in [-0.05, 0) is 57.0 Å². The van der Waals surface area contributed by atoms with Crippen molar-refractivity contribution in [2.75, 3.05) is 31.6 Å². The number of carbonyl (C=O) groups is 1. The smallest absolute Gasteiger partial charge is 0.307 e. The number of esters is 1. The second-order valence-corrected chi connectivity index (χ2v) is 7.89. The number of nitriles is 1. The van der Waals surface area contributed by atoms with E-state index in [-0.39, 0.29) is 24.3 Å². The molecule has 2 heterocycles. The molecule has 0 bridgehead atoms. The van der Waals surface area contributed by atoms with Crippen molar-refractivity contribution in [3.63, 3.8) is 0 Å². The normalized spacial score (nSPS) is 16.4. The van der Waals surface area contributed by atoms with E-state index >= 15 is 0 Å². The summed E-state index contributed by atoms with van der Waals surface area (Å²) in [5, 5.41) is 31.6. The van der Waals surface area contributed by atoms with Crippen LogP contribution < -0.4 is 11.1 Å². The molecule has 1 aliphatic heterocycles. The van der Waals surface area contributed by atoms with Crippen LogP contribution in [-0.2, 0) is 16.1 Å². The lowest BCUT2D eigenvalue weighted by Gasteiger charge is -2.33. The van der Waals surface area contributed by atoms with Crippen LogP contribution in [0.1, 0.15) is 42.9 Å². The van der Waals surface area contributed by atoms with Gasteiger partial charge in [0.05, 0.1) is 24.7 Å². The maximum absolute atomic E-state index is 11.7. The highest BCUT2D eigenvalue weighted by Crippen LogP contribution is 2.33. The lowest BCUT2D eigenvalue weighted by Crippen LogP contribution is -2.43. The summed E-state index contributed by atoms with van der Waals surface area (Å²) in [6.07, 6.45) is 2.39. The van der Waals surface area contributed by atoms with E-state index in [0.29, 0.717) is 42.2 Å². The van der Waals surface area contributed by atoms with Gasteiger partial charge in [-0.25, -0.2) is 0 Å². The summed E-state index contributed by atoms with van der Waals surface area (Å²) < 4.78 is 5.02. The number of carbonyl (C=O) groups excluding carboxylic acids is 1. The Morgan fingerprint density at radius 1 is 1.44 bits per heavy atom. The Bertz CT molecular complexity index is 1000. The fourth-order valence-corrected chi connectivity index (χ4v) is 4.03. The third-order valence-corrected chi connectivity index (χ3v) is 5.71. The van der Waals surface area contributed by atoms with E-state index in [1.54, 1.807) is 12.1 Å². The standard InChI is InChI=1S/C23H30N6O3/c1-3-32-21(31)8-10-29-9-4-5-17(14-29)26-23-19(13-25)15(2)22(27-28-23)18-7-6-16(12-24)11-20(18)30/h6-7,11,17,30H,3-5,8-10,13-14,25H2,1-2H3,(H,26,28)/t17-/m1/s1. The summed E-state index contributed by atoms with van der Waals surface area (Å²) in [5.41, 5.74) is 9.14. The molecule has 0 radical (unpaired) electrons. The molecule has 3 rings (SSSR count). The first-order chi connectivity index (χ1) is 15.5. The van der Waals surface area contributed by atoms with Gasteiger partial charge in [0.15, 0.2) is 5.82 Å². The van der Waals surface area contributed by atoms with Crippen molar-refractivity contribution in [2.45, 2.75) is 45.7 Å². The Labute approximate surface area is 188 Å². The highest BCUT2D eigenvalue weighted by Gasteiger charge is 2.23. The number of nitrogens with zero attached hydrogens (tertiary/aromatic N) is 4. The minimum absolute atomic E-state index is 0.0188. The van der Waals surface area contributed by atoms with Crippen molar-refractivity contribution in [3.8, 4) is 23.1 Å². The van der Waals surface area contributed by atoms with Crippen LogP contribution in [0.5, 0.6) is 5.75 Å². The number of nitrogens with two attached hydrogens (primary N) is 1. The van der Waals surface area contributed by atoms with Crippen LogP contribution in [0.15, 0.2) is 18.2 Å². The lowest BCUT2D eigenvalue weighted by atomic mass is 10.00. The first-order valence-corrected chi connectivity index (χ1v) is 10.9. The Balaban J connectivity index is 1.74. The SMILES string of the molecule is CCOC(=O)CCN1CCC[C@@H](Nc2nnc(-c3ccc(C#N)cc3O)c(C)c2CN)C1. The summed E-state index contributed by atoms with van der Waals surface area (Å²) in [7, 11) is 0. The van der Waals surface area contributed by atoms with Gasteiger partial charge in [0, 0.05) is 36.8 Å². The first-order valence-electron chi connectivity index (χ1n) is 10.9. The minimum Gasteiger partial charge on any atom is -0.507 e. The molecule has 9 nitrogen and oxygen atoms in total. The number of piperidine rings is 1. The minimum atomic E-state index is -0.170. The fraction of sp³-hybridized carbons (Fsp3) is 0.478. The molecule has 1 atom stereocenters. The Morgan fingerprint density at radius 3 is 2.94 bits per heavy atom. The zero-order valence-electron chi connectivity index (χ0n) is 18.6. The van der Waals surface area contributed by atoms with E-state index in [1.165, 1.54) is 6.07 Å². The molecule has 32 heavy (non-hydrogen) atoms. The van der Waals surface area contributed by atoms with Crippen molar-refractivity contribution in [2.24, 2.45) is 5.73 Å².